The van der Waals surface area contributed by atoms with Crippen molar-refractivity contribution >= 4 is 21.6 Å². The highest BCUT2D eigenvalue weighted by atomic mass is 32.2. The molecule has 0 radical (unpaired) electrons. The highest BCUT2D eigenvalue weighted by molar-refractivity contribution is 7.92. The molecule has 1 atom stereocenters. The topological polar surface area (TPSA) is 66.5 Å². The Labute approximate surface area is 178 Å². The third kappa shape index (κ3) is 5.07. The van der Waals surface area contributed by atoms with Crippen molar-refractivity contribution in [1.29, 1.82) is 0 Å². The fourth-order valence-corrected chi connectivity index (χ4v) is 4.61. The van der Waals surface area contributed by atoms with E-state index in [4.69, 9.17) is 0 Å². The molecule has 0 aliphatic heterocycles. The Morgan fingerprint density at radius 2 is 1.47 bits per heavy atom. The Balaban J connectivity index is 1.82. The van der Waals surface area contributed by atoms with Gasteiger partial charge in [0.05, 0.1) is 16.6 Å². The van der Waals surface area contributed by atoms with Crippen LogP contribution < -0.4 is 9.62 Å². The van der Waals surface area contributed by atoms with Gasteiger partial charge in [0.1, 0.15) is 6.54 Å². The molecule has 1 unspecified atom stereocenters. The van der Waals surface area contributed by atoms with Gasteiger partial charge in [0.25, 0.3) is 10.0 Å². The molecule has 0 fully saturated rings. The second-order valence-electron chi connectivity index (χ2n) is 7.04. The molecule has 3 aromatic rings. The first-order valence-electron chi connectivity index (χ1n) is 9.93. The number of hydrogen-bond donors (Lipinski definition) is 1. The fraction of sp³-hybridized carbons (Fsp3) is 0.208. The number of nitrogens with zero attached hydrogens (tertiary/aromatic N) is 1. The average molecular weight is 423 g/mol. The Morgan fingerprint density at radius 1 is 0.900 bits per heavy atom. The SMILES string of the molecule is CCc1ccc(C(C)NC(=O)CN(c2ccccc2)S(=O)(=O)c2ccccc2)cc1. The summed E-state index contributed by atoms with van der Waals surface area (Å²) in [5.74, 6) is -0.370. The molecular formula is C24H26N2O3S. The van der Waals surface area contributed by atoms with Crippen LogP contribution >= 0.6 is 0 Å². The molecular weight excluding hydrogens is 396 g/mol. The van der Waals surface area contributed by atoms with Crippen LogP contribution in [-0.2, 0) is 21.2 Å². The van der Waals surface area contributed by atoms with E-state index in [1.807, 2.05) is 31.2 Å². The number of hydrogen-bond acceptors (Lipinski definition) is 3. The lowest BCUT2D eigenvalue weighted by Crippen LogP contribution is -2.41. The van der Waals surface area contributed by atoms with Crippen molar-refractivity contribution in [3.63, 3.8) is 0 Å². The van der Waals surface area contributed by atoms with Gasteiger partial charge in [0.2, 0.25) is 5.91 Å². The average Bonchev–Trinajstić information content (AvgIpc) is 2.78. The van der Waals surface area contributed by atoms with Crippen molar-refractivity contribution in [2.24, 2.45) is 0 Å². The molecule has 156 valence electrons. The number of anilines is 1. The highest BCUT2D eigenvalue weighted by Gasteiger charge is 2.27. The maximum absolute atomic E-state index is 13.2. The Bertz CT molecular complexity index is 1070. The third-order valence-electron chi connectivity index (χ3n) is 4.93. The van der Waals surface area contributed by atoms with E-state index in [0.29, 0.717) is 5.69 Å². The molecule has 6 heteroatoms. The Kier molecular flexibility index (Phi) is 6.90. The van der Waals surface area contributed by atoms with E-state index in [2.05, 4.69) is 12.2 Å². The maximum atomic E-state index is 13.2. The monoisotopic (exact) mass is 422 g/mol. The highest BCUT2D eigenvalue weighted by Crippen LogP contribution is 2.23. The largest absolute Gasteiger partial charge is 0.348 e. The second-order valence-corrected chi connectivity index (χ2v) is 8.91. The van der Waals surface area contributed by atoms with Crippen LogP contribution in [0.5, 0.6) is 0 Å². The van der Waals surface area contributed by atoms with Crippen molar-refractivity contribution in [2.45, 2.75) is 31.2 Å². The lowest BCUT2D eigenvalue weighted by atomic mass is 10.1. The standard InChI is InChI=1S/C24H26N2O3S/c1-3-20-14-16-21(17-15-20)19(2)25-24(27)18-26(22-10-6-4-7-11-22)30(28,29)23-12-8-5-9-13-23/h4-17,19H,3,18H2,1-2H3,(H,25,27). The van der Waals surface area contributed by atoms with E-state index in [9.17, 15) is 13.2 Å². The van der Waals surface area contributed by atoms with Crippen LogP contribution in [0.3, 0.4) is 0 Å². The van der Waals surface area contributed by atoms with E-state index in [1.165, 1.54) is 17.7 Å². The number of carbonyl (C=O) groups excluding carboxylic acids is 1. The maximum Gasteiger partial charge on any atom is 0.264 e. The second kappa shape index (κ2) is 9.59. The molecule has 1 amide bonds. The first-order valence-corrected chi connectivity index (χ1v) is 11.4. The molecule has 0 saturated carbocycles. The number of nitrogens with one attached hydrogen (secondary N) is 1. The predicted molar refractivity (Wildman–Crippen MR) is 120 cm³/mol. The lowest BCUT2D eigenvalue weighted by Gasteiger charge is -2.25. The Hall–Kier alpha value is -3.12. The lowest BCUT2D eigenvalue weighted by molar-refractivity contribution is -0.120. The van der Waals surface area contributed by atoms with Gasteiger partial charge in [-0.1, -0.05) is 67.6 Å². The first kappa shape index (κ1) is 21.6. The predicted octanol–water partition coefficient (Wildman–Crippen LogP) is 4.32. The number of aryl methyl sites for hydroxylation is 1. The normalized spacial score (nSPS) is 12.2. The Morgan fingerprint density at radius 3 is 2.03 bits per heavy atom. The van der Waals surface area contributed by atoms with Crippen LogP contribution in [0.4, 0.5) is 5.69 Å². The molecule has 30 heavy (non-hydrogen) atoms. The quantitative estimate of drug-likeness (QED) is 0.588. The summed E-state index contributed by atoms with van der Waals surface area (Å²) >= 11 is 0. The first-order chi connectivity index (χ1) is 14.4. The van der Waals surface area contributed by atoms with Gasteiger partial charge in [0, 0.05) is 0 Å². The smallest absolute Gasteiger partial charge is 0.264 e. The van der Waals surface area contributed by atoms with Crippen LogP contribution in [0.1, 0.15) is 31.0 Å². The van der Waals surface area contributed by atoms with E-state index in [1.54, 1.807) is 48.5 Å². The zero-order valence-electron chi connectivity index (χ0n) is 17.2. The van der Waals surface area contributed by atoms with Gasteiger partial charge in [-0.2, -0.15) is 0 Å². The van der Waals surface area contributed by atoms with Crippen molar-refractivity contribution < 1.29 is 13.2 Å². The summed E-state index contributed by atoms with van der Waals surface area (Å²) in [4.78, 5) is 12.9. The molecule has 0 bridgehead atoms. The van der Waals surface area contributed by atoms with Crippen molar-refractivity contribution in [2.75, 3.05) is 10.8 Å². The molecule has 3 aromatic carbocycles. The summed E-state index contributed by atoms with van der Waals surface area (Å²) in [6.07, 6.45) is 0.949. The molecule has 5 nitrogen and oxygen atoms in total. The number of para-hydroxylation sites is 1. The van der Waals surface area contributed by atoms with Gasteiger partial charge >= 0.3 is 0 Å². The number of amides is 1. The van der Waals surface area contributed by atoms with Crippen LogP contribution in [0.25, 0.3) is 0 Å². The van der Waals surface area contributed by atoms with Gasteiger partial charge in [-0.15, -0.1) is 0 Å². The van der Waals surface area contributed by atoms with Crippen molar-refractivity contribution in [1.82, 2.24) is 5.32 Å². The third-order valence-corrected chi connectivity index (χ3v) is 6.72. The van der Waals surface area contributed by atoms with Gasteiger partial charge in [-0.3, -0.25) is 9.10 Å². The van der Waals surface area contributed by atoms with Gasteiger partial charge in [-0.05, 0) is 48.7 Å². The summed E-state index contributed by atoms with van der Waals surface area (Å²) in [5.41, 5.74) is 2.63. The van der Waals surface area contributed by atoms with Crippen LogP contribution in [0, 0.1) is 0 Å². The molecule has 0 aliphatic rings. The van der Waals surface area contributed by atoms with E-state index in [-0.39, 0.29) is 23.4 Å². The molecule has 0 saturated heterocycles. The van der Waals surface area contributed by atoms with Gasteiger partial charge in [0.15, 0.2) is 0 Å². The zero-order chi connectivity index (χ0) is 21.6. The molecule has 0 aromatic heterocycles. The number of carbonyl (C=O) groups is 1. The van der Waals surface area contributed by atoms with Gasteiger partial charge in [-0.25, -0.2) is 8.42 Å². The fourth-order valence-electron chi connectivity index (χ4n) is 3.17. The summed E-state index contributed by atoms with van der Waals surface area (Å²) in [6, 6.07) is 24.6. The van der Waals surface area contributed by atoms with E-state index < -0.39 is 10.0 Å². The number of sulfonamides is 1. The summed E-state index contributed by atoms with van der Waals surface area (Å²) in [6.45, 7) is 3.67. The minimum absolute atomic E-state index is 0.143. The number of rotatable bonds is 8. The van der Waals surface area contributed by atoms with Crippen LogP contribution in [0.2, 0.25) is 0 Å². The van der Waals surface area contributed by atoms with Crippen molar-refractivity contribution in [3.05, 3.63) is 96.1 Å². The summed E-state index contributed by atoms with van der Waals surface area (Å²) < 4.78 is 27.6. The molecule has 0 spiro atoms. The molecule has 1 N–H and O–H groups in total. The molecule has 3 rings (SSSR count). The minimum atomic E-state index is -3.89. The van der Waals surface area contributed by atoms with E-state index in [0.717, 1.165) is 16.3 Å². The summed E-state index contributed by atoms with van der Waals surface area (Å²) in [5, 5.41) is 2.91. The zero-order valence-corrected chi connectivity index (χ0v) is 18.0. The summed E-state index contributed by atoms with van der Waals surface area (Å²) in [7, 11) is -3.89. The van der Waals surface area contributed by atoms with Crippen LogP contribution in [-0.4, -0.2) is 20.9 Å². The van der Waals surface area contributed by atoms with Crippen LogP contribution in [0.15, 0.2) is 89.8 Å². The van der Waals surface area contributed by atoms with Crippen molar-refractivity contribution in [3.8, 4) is 0 Å². The van der Waals surface area contributed by atoms with Gasteiger partial charge < -0.3 is 5.32 Å². The van der Waals surface area contributed by atoms with E-state index >= 15 is 0 Å². The molecule has 0 aliphatic carbocycles. The number of benzene rings is 3. The molecule has 0 heterocycles. The minimum Gasteiger partial charge on any atom is -0.348 e.